The molecule has 2 aromatic rings. The summed E-state index contributed by atoms with van der Waals surface area (Å²) in [5, 5.41) is 0. The van der Waals surface area contributed by atoms with Gasteiger partial charge in [-0.1, -0.05) is 30.0 Å². The third-order valence-electron chi connectivity index (χ3n) is 5.11. The van der Waals surface area contributed by atoms with E-state index in [-0.39, 0.29) is 16.4 Å². The number of hydrogen-bond donors (Lipinski definition) is 0. The van der Waals surface area contributed by atoms with Crippen LogP contribution in [0.1, 0.15) is 21.7 Å². The van der Waals surface area contributed by atoms with Crippen molar-refractivity contribution in [3.05, 3.63) is 47.3 Å². The average molecular weight is 482 g/mol. The molecule has 0 N–H and O–H groups in total. The molecule has 1 aliphatic heterocycles. The van der Waals surface area contributed by atoms with E-state index in [0.717, 1.165) is 11.4 Å². The average Bonchev–Trinajstić information content (AvgIpc) is 3.06. The Balaban J connectivity index is 1.89. The lowest BCUT2D eigenvalue weighted by Crippen LogP contribution is -2.40. The zero-order valence-electron chi connectivity index (χ0n) is 18.1. The summed E-state index contributed by atoms with van der Waals surface area (Å²) in [6, 6.07) is 8.69. The van der Waals surface area contributed by atoms with Crippen LogP contribution in [0.3, 0.4) is 0 Å². The molecule has 7 nitrogen and oxygen atoms in total. The number of aryl methyl sites for hydroxylation is 1. The molecule has 0 atom stereocenters. The van der Waals surface area contributed by atoms with Crippen LogP contribution in [-0.4, -0.2) is 78.4 Å². The summed E-state index contributed by atoms with van der Waals surface area (Å²) in [5.41, 5.74) is 2.97. The lowest BCUT2D eigenvalue weighted by molar-refractivity contribution is 0.0730. The summed E-state index contributed by atoms with van der Waals surface area (Å²) in [7, 11) is 0.0983. The second kappa shape index (κ2) is 9.83. The summed E-state index contributed by atoms with van der Waals surface area (Å²) in [4.78, 5) is 14.8. The predicted molar refractivity (Wildman–Crippen MR) is 128 cm³/mol. The fourth-order valence-electron chi connectivity index (χ4n) is 3.50. The van der Waals surface area contributed by atoms with E-state index in [9.17, 15) is 13.2 Å². The van der Waals surface area contributed by atoms with Gasteiger partial charge in [0.1, 0.15) is 4.32 Å². The Bertz CT molecular complexity index is 1090. The minimum atomic E-state index is -3.60. The molecule has 0 saturated carbocycles. The van der Waals surface area contributed by atoms with Crippen molar-refractivity contribution in [3.63, 3.8) is 0 Å². The molecule has 0 spiro atoms. The molecule has 10 heteroatoms. The van der Waals surface area contributed by atoms with Gasteiger partial charge in [-0.25, -0.2) is 8.42 Å². The number of aromatic nitrogens is 1. The topological polar surface area (TPSA) is 71.9 Å². The molecule has 1 saturated heterocycles. The quantitative estimate of drug-likeness (QED) is 0.464. The van der Waals surface area contributed by atoms with Crippen LogP contribution in [0.5, 0.6) is 0 Å². The van der Waals surface area contributed by atoms with Gasteiger partial charge in [0.15, 0.2) is 5.78 Å². The minimum absolute atomic E-state index is 0.00866. The number of carbonyl (C=O) groups excluding carboxylic acids is 1. The normalized spacial score (nSPS) is 15.1. The molecule has 0 amide bonds. The van der Waals surface area contributed by atoms with Gasteiger partial charge in [0.25, 0.3) is 0 Å². The molecular weight excluding hydrogens is 454 g/mol. The highest BCUT2D eigenvalue weighted by Gasteiger charge is 2.27. The van der Waals surface area contributed by atoms with Gasteiger partial charge in [-0.2, -0.15) is 4.31 Å². The van der Waals surface area contributed by atoms with E-state index in [1.807, 2.05) is 44.6 Å². The van der Waals surface area contributed by atoms with Crippen molar-refractivity contribution in [1.29, 1.82) is 0 Å². The first-order valence-electron chi connectivity index (χ1n) is 9.87. The van der Waals surface area contributed by atoms with Crippen LogP contribution in [-0.2, 0) is 14.8 Å². The minimum Gasteiger partial charge on any atom is -0.379 e. The third-order valence-corrected chi connectivity index (χ3v) is 8.74. The summed E-state index contributed by atoms with van der Waals surface area (Å²) in [6.45, 7) is 5.27. The third kappa shape index (κ3) is 5.20. The molecular formula is C21H27N3O4S3. The number of ketones is 1. The van der Waals surface area contributed by atoms with Crippen molar-refractivity contribution in [3.8, 4) is 5.69 Å². The highest BCUT2D eigenvalue weighted by molar-refractivity contribution is 8.23. The lowest BCUT2D eigenvalue weighted by atomic mass is 10.2. The number of morpholine rings is 1. The molecule has 1 aromatic heterocycles. The molecule has 1 aromatic carbocycles. The SMILES string of the molecule is Cc1cc(C(=O)CSC(=S)N(C)C)c(C)n1-c1cccc(S(=O)(=O)N2CCOCC2)c1. The largest absolute Gasteiger partial charge is 0.379 e. The van der Waals surface area contributed by atoms with Crippen LogP contribution < -0.4 is 0 Å². The first-order chi connectivity index (χ1) is 14.6. The smallest absolute Gasteiger partial charge is 0.243 e. The van der Waals surface area contributed by atoms with E-state index in [1.165, 1.54) is 16.1 Å². The van der Waals surface area contributed by atoms with E-state index in [4.69, 9.17) is 17.0 Å². The van der Waals surface area contributed by atoms with Crippen molar-refractivity contribution in [2.45, 2.75) is 18.7 Å². The van der Waals surface area contributed by atoms with Crippen LogP contribution in [0.2, 0.25) is 0 Å². The number of hydrogen-bond acceptors (Lipinski definition) is 6. The number of thiocarbonyl (C=S) groups is 1. The van der Waals surface area contributed by atoms with Crippen molar-refractivity contribution in [1.82, 2.24) is 13.8 Å². The van der Waals surface area contributed by atoms with Gasteiger partial charge < -0.3 is 14.2 Å². The number of Topliss-reactive ketones (excluding diaryl/α,β-unsaturated/α-hetero) is 1. The van der Waals surface area contributed by atoms with Gasteiger partial charge in [-0.15, -0.1) is 0 Å². The Hall–Kier alpha value is -1.72. The monoisotopic (exact) mass is 481 g/mol. The Labute approximate surface area is 193 Å². The maximum atomic E-state index is 13.0. The van der Waals surface area contributed by atoms with Gasteiger partial charge >= 0.3 is 0 Å². The van der Waals surface area contributed by atoms with Crippen LogP contribution in [0, 0.1) is 13.8 Å². The standard InChI is InChI=1S/C21H27N3O4S3/c1-15-12-19(20(25)14-30-21(29)22(3)4)16(2)24(15)17-6-5-7-18(13-17)31(26,27)23-8-10-28-11-9-23/h5-7,12-13H,8-11,14H2,1-4H3. The Morgan fingerprint density at radius 1 is 1.19 bits per heavy atom. The summed E-state index contributed by atoms with van der Waals surface area (Å²) < 4.78 is 35.4. The van der Waals surface area contributed by atoms with Gasteiger partial charge in [0.2, 0.25) is 10.0 Å². The van der Waals surface area contributed by atoms with Gasteiger partial charge in [-0.05, 0) is 38.1 Å². The maximum Gasteiger partial charge on any atom is 0.243 e. The zero-order valence-corrected chi connectivity index (χ0v) is 20.6. The fraction of sp³-hybridized carbons (Fsp3) is 0.429. The Morgan fingerprint density at radius 2 is 1.87 bits per heavy atom. The second-order valence-electron chi connectivity index (χ2n) is 7.51. The second-order valence-corrected chi connectivity index (χ2v) is 11.1. The zero-order chi connectivity index (χ0) is 22.8. The summed E-state index contributed by atoms with van der Waals surface area (Å²) in [5.74, 6) is 0.248. The Morgan fingerprint density at radius 3 is 2.52 bits per heavy atom. The van der Waals surface area contributed by atoms with Crippen LogP contribution in [0.25, 0.3) is 5.69 Å². The van der Waals surface area contributed by atoms with E-state index in [1.54, 1.807) is 23.1 Å². The molecule has 2 heterocycles. The fourth-order valence-corrected chi connectivity index (χ4v) is 5.79. The number of thioether (sulfide) groups is 1. The van der Waals surface area contributed by atoms with Crippen molar-refractivity contribution < 1.29 is 17.9 Å². The van der Waals surface area contributed by atoms with E-state index >= 15 is 0 Å². The van der Waals surface area contributed by atoms with E-state index in [2.05, 4.69) is 0 Å². The van der Waals surface area contributed by atoms with Gasteiger partial charge in [-0.3, -0.25) is 4.79 Å². The predicted octanol–water partition coefficient (Wildman–Crippen LogP) is 2.88. The molecule has 0 bridgehead atoms. The highest BCUT2D eigenvalue weighted by Crippen LogP contribution is 2.26. The first-order valence-corrected chi connectivity index (χ1v) is 12.7. The molecule has 0 aliphatic carbocycles. The van der Waals surface area contributed by atoms with Crippen molar-refractivity contribution in [2.24, 2.45) is 0 Å². The summed E-state index contributed by atoms with van der Waals surface area (Å²) >= 11 is 6.58. The number of carbonyl (C=O) groups is 1. The van der Waals surface area contributed by atoms with E-state index in [0.29, 0.717) is 41.9 Å². The van der Waals surface area contributed by atoms with E-state index < -0.39 is 10.0 Å². The van der Waals surface area contributed by atoms with Crippen molar-refractivity contribution in [2.75, 3.05) is 46.2 Å². The lowest BCUT2D eigenvalue weighted by Gasteiger charge is -2.26. The number of rotatable bonds is 6. The van der Waals surface area contributed by atoms with Crippen LogP contribution in [0.15, 0.2) is 35.2 Å². The van der Waals surface area contributed by atoms with Crippen molar-refractivity contribution >= 4 is 44.1 Å². The first kappa shape index (κ1) is 23.9. The maximum absolute atomic E-state index is 13.0. The molecule has 0 radical (unpaired) electrons. The Kier molecular flexibility index (Phi) is 7.59. The molecule has 1 aliphatic rings. The molecule has 1 fully saturated rings. The van der Waals surface area contributed by atoms with Gasteiger partial charge in [0, 0.05) is 49.8 Å². The number of ether oxygens (including phenoxy) is 1. The number of nitrogens with zero attached hydrogens (tertiary/aromatic N) is 3. The molecule has 0 unspecified atom stereocenters. The molecule has 31 heavy (non-hydrogen) atoms. The van der Waals surface area contributed by atoms with Crippen LogP contribution >= 0.6 is 24.0 Å². The van der Waals surface area contributed by atoms with Gasteiger partial charge in [0.05, 0.1) is 23.9 Å². The molecule has 3 rings (SSSR count). The van der Waals surface area contributed by atoms with Crippen LogP contribution in [0.4, 0.5) is 0 Å². The number of benzene rings is 1. The summed E-state index contributed by atoms with van der Waals surface area (Å²) in [6.07, 6.45) is 0. The highest BCUT2D eigenvalue weighted by atomic mass is 32.2. The molecule has 168 valence electrons. The number of sulfonamides is 1.